The van der Waals surface area contributed by atoms with Gasteiger partial charge in [-0.3, -0.25) is 0 Å². The van der Waals surface area contributed by atoms with Crippen LogP contribution in [0.4, 0.5) is 5.69 Å². The smallest absolute Gasteiger partial charge is 0.0346 e. The Morgan fingerprint density at radius 2 is 1.62 bits per heavy atom. The van der Waals surface area contributed by atoms with E-state index in [0.717, 1.165) is 5.69 Å². The molecule has 90 valence electrons. The molecule has 0 bridgehead atoms. The summed E-state index contributed by atoms with van der Waals surface area (Å²) in [6, 6.07) is 4.36. The second kappa shape index (κ2) is 6.57. The molecule has 1 heteroatoms. The van der Waals surface area contributed by atoms with E-state index in [1.807, 2.05) is 0 Å². The number of benzene rings is 1. The highest BCUT2D eigenvalue weighted by atomic mass is 14.6. The first-order valence-corrected chi connectivity index (χ1v) is 6.50. The first kappa shape index (κ1) is 13.1. The Kier molecular flexibility index (Phi) is 5.37. The van der Waals surface area contributed by atoms with Gasteiger partial charge in [-0.05, 0) is 49.4 Å². The molecule has 0 aliphatic heterocycles. The van der Waals surface area contributed by atoms with Gasteiger partial charge in [-0.25, -0.2) is 0 Å². The number of hydrogen-bond acceptors (Lipinski definition) is 1. The molecule has 16 heavy (non-hydrogen) atoms. The van der Waals surface area contributed by atoms with Crippen LogP contribution in [0.3, 0.4) is 0 Å². The minimum atomic E-state index is 0.939. The lowest BCUT2D eigenvalue weighted by molar-refractivity contribution is 0.631. The van der Waals surface area contributed by atoms with Crippen LogP contribution in [0.1, 0.15) is 55.7 Å². The Morgan fingerprint density at radius 1 is 0.938 bits per heavy atom. The lowest BCUT2D eigenvalue weighted by Crippen LogP contribution is -1.96. The number of rotatable bonds is 6. The maximum Gasteiger partial charge on any atom is 0.0346 e. The summed E-state index contributed by atoms with van der Waals surface area (Å²) in [5.41, 5.74) is 10.9. The maximum absolute atomic E-state index is 5.94. The molecule has 1 aromatic carbocycles. The fraction of sp³-hybridized carbons (Fsp3) is 0.600. The molecule has 1 nitrogen and oxygen atoms in total. The molecule has 0 fully saturated rings. The monoisotopic (exact) mass is 219 g/mol. The highest BCUT2D eigenvalue weighted by molar-refractivity contribution is 5.51. The van der Waals surface area contributed by atoms with E-state index in [-0.39, 0.29) is 0 Å². The van der Waals surface area contributed by atoms with Crippen molar-refractivity contribution in [2.24, 2.45) is 0 Å². The highest BCUT2D eigenvalue weighted by Crippen LogP contribution is 2.20. The third kappa shape index (κ3) is 3.88. The largest absolute Gasteiger partial charge is 0.399 e. The summed E-state index contributed by atoms with van der Waals surface area (Å²) in [4.78, 5) is 0. The van der Waals surface area contributed by atoms with Crippen molar-refractivity contribution >= 4 is 5.69 Å². The molecule has 0 saturated carbocycles. The van der Waals surface area contributed by atoms with Gasteiger partial charge in [0.15, 0.2) is 0 Å². The number of nitrogens with two attached hydrogens (primary N) is 1. The maximum atomic E-state index is 5.94. The predicted octanol–water partition coefficient (Wildman–Crippen LogP) is 4.40. The molecule has 0 amide bonds. The second-order valence-corrected chi connectivity index (χ2v) is 4.80. The van der Waals surface area contributed by atoms with Gasteiger partial charge < -0.3 is 5.73 Å². The third-order valence-electron chi connectivity index (χ3n) is 3.27. The SMILES string of the molecule is CCCCCCCc1cc(N)c(C)cc1C. The summed E-state index contributed by atoms with van der Waals surface area (Å²) < 4.78 is 0. The number of aryl methyl sites for hydroxylation is 3. The molecule has 0 aliphatic carbocycles. The van der Waals surface area contributed by atoms with E-state index in [2.05, 4.69) is 32.9 Å². The van der Waals surface area contributed by atoms with Crippen molar-refractivity contribution in [1.82, 2.24) is 0 Å². The first-order valence-electron chi connectivity index (χ1n) is 6.50. The molecule has 2 N–H and O–H groups in total. The minimum Gasteiger partial charge on any atom is -0.399 e. The summed E-state index contributed by atoms with van der Waals surface area (Å²) in [6.45, 7) is 6.52. The first-order chi connectivity index (χ1) is 7.65. The molecular formula is C15H25N. The molecule has 0 radical (unpaired) electrons. The van der Waals surface area contributed by atoms with Gasteiger partial charge in [-0.15, -0.1) is 0 Å². The average molecular weight is 219 g/mol. The lowest BCUT2D eigenvalue weighted by atomic mass is 9.98. The van der Waals surface area contributed by atoms with Gasteiger partial charge in [0.2, 0.25) is 0 Å². The van der Waals surface area contributed by atoms with Crippen molar-refractivity contribution in [3.05, 3.63) is 28.8 Å². The van der Waals surface area contributed by atoms with Gasteiger partial charge >= 0.3 is 0 Å². The lowest BCUT2D eigenvalue weighted by Gasteiger charge is -2.09. The van der Waals surface area contributed by atoms with Crippen molar-refractivity contribution in [2.45, 2.75) is 59.3 Å². The summed E-state index contributed by atoms with van der Waals surface area (Å²) in [6.07, 6.45) is 7.88. The van der Waals surface area contributed by atoms with Crippen molar-refractivity contribution in [1.29, 1.82) is 0 Å². The van der Waals surface area contributed by atoms with Gasteiger partial charge in [0.25, 0.3) is 0 Å². The van der Waals surface area contributed by atoms with Crippen molar-refractivity contribution in [2.75, 3.05) is 5.73 Å². The van der Waals surface area contributed by atoms with Crippen LogP contribution < -0.4 is 5.73 Å². The van der Waals surface area contributed by atoms with Crippen molar-refractivity contribution in [3.8, 4) is 0 Å². The molecule has 0 unspecified atom stereocenters. The van der Waals surface area contributed by atoms with E-state index in [4.69, 9.17) is 5.73 Å². The summed E-state index contributed by atoms with van der Waals surface area (Å²) in [7, 11) is 0. The molecule has 1 aromatic rings. The highest BCUT2D eigenvalue weighted by Gasteiger charge is 2.02. The Hall–Kier alpha value is -0.980. The van der Waals surface area contributed by atoms with E-state index < -0.39 is 0 Å². The topological polar surface area (TPSA) is 26.0 Å². The zero-order chi connectivity index (χ0) is 12.0. The number of hydrogen-bond donors (Lipinski definition) is 1. The van der Waals surface area contributed by atoms with Gasteiger partial charge in [-0.1, -0.05) is 38.7 Å². The van der Waals surface area contributed by atoms with Crippen LogP contribution in [-0.2, 0) is 6.42 Å². The van der Waals surface area contributed by atoms with Crippen LogP contribution in [0, 0.1) is 13.8 Å². The predicted molar refractivity (Wildman–Crippen MR) is 72.8 cm³/mol. The van der Waals surface area contributed by atoms with Crippen molar-refractivity contribution in [3.63, 3.8) is 0 Å². The summed E-state index contributed by atoms with van der Waals surface area (Å²) in [5, 5.41) is 0. The quantitative estimate of drug-likeness (QED) is 0.557. The van der Waals surface area contributed by atoms with E-state index in [9.17, 15) is 0 Å². The van der Waals surface area contributed by atoms with Crippen LogP contribution in [-0.4, -0.2) is 0 Å². The van der Waals surface area contributed by atoms with Crippen LogP contribution in [0.5, 0.6) is 0 Å². The normalized spacial score (nSPS) is 10.7. The van der Waals surface area contributed by atoms with Gasteiger partial charge in [0, 0.05) is 5.69 Å². The summed E-state index contributed by atoms with van der Waals surface area (Å²) >= 11 is 0. The molecule has 0 atom stereocenters. The zero-order valence-corrected chi connectivity index (χ0v) is 11.0. The number of unbranched alkanes of at least 4 members (excludes halogenated alkanes) is 4. The molecule has 1 rings (SSSR count). The average Bonchev–Trinajstić information content (AvgIpc) is 2.25. The van der Waals surface area contributed by atoms with E-state index in [0.29, 0.717) is 0 Å². The van der Waals surface area contributed by atoms with Gasteiger partial charge in [-0.2, -0.15) is 0 Å². The van der Waals surface area contributed by atoms with Crippen molar-refractivity contribution < 1.29 is 0 Å². The molecule has 0 heterocycles. The van der Waals surface area contributed by atoms with Gasteiger partial charge in [0.05, 0.1) is 0 Å². The Labute approximate surface area is 100 Å². The number of nitrogen functional groups attached to an aromatic ring is 1. The fourth-order valence-electron chi connectivity index (χ4n) is 2.10. The van der Waals surface area contributed by atoms with Crippen LogP contribution in [0.25, 0.3) is 0 Å². The number of anilines is 1. The third-order valence-corrected chi connectivity index (χ3v) is 3.27. The molecule has 0 spiro atoms. The summed E-state index contributed by atoms with van der Waals surface area (Å²) in [5.74, 6) is 0. The van der Waals surface area contributed by atoms with E-state index >= 15 is 0 Å². The fourth-order valence-corrected chi connectivity index (χ4v) is 2.10. The Balaban J connectivity index is 2.45. The zero-order valence-electron chi connectivity index (χ0n) is 11.0. The van der Waals surface area contributed by atoms with Crippen LogP contribution in [0.15, 0.2) is 12.1 Å². The Bertz CT molecular complexity index is 328. The van der Waals surface area contributed by atoms with Crippen LogP contribution in [0.2, 0.25) is 0 Å². The Morgan fingerprint density at radius 3 is 2.31 bits per heavy atom. The molecule has 0 aromatic heterocycles. The van der Waals surface area contributed by atoms with E-state index in [1.165, 1.54) is 55.2 Å². The van der Waals surface area contributed by atoms with Crippen LogP contribution >= 0.6 is 0 Å². The molecule has 0 aliphatic rings. The minimum absolute atomic E-state index is 0.939. The van der Waals surface area contributed by atoms with E-state index in [1.54, 1.807) is 0 Å². The standard InChI is InChI=1S/C15H25N/c1-4-5-6-7-8-9-14-11-15(16)13(3)10-12(14)2/h10-11H,4-9,16H2,1-3H3. The molecule has 0 saturated heterocycles. The molecular weight excluding hydrogens is 194 g/mol. The van der Waals surface area contributed by atoms with Gasteiger partial charge in [0.1, 0.15) is 0 Å². The second-order valence-electron chi connectivity index (χ2n) is 4.80.